The Balaban J connectivity index is 1.98. The molecule has 0 radical (unpaired) electrons. The molecule has 0 saturated carbocycles. The van der Waals surface area contributed by atoms with Gasteiger partial charge in [0, 0.05) is 26.2 Å². The van der Waals surface area contributed by atoms with Crippen molar-refractivity contribution in [1.82, 2.24) is 4.90 Å². The number of benzene rings is 1. The van der Waals surface area contributed by atoms with Gasteiger partial charge in [-0.2, -0.15) is 0 Å². The zero-order chi connectivity index (χ0) is 15.4. The van der Waals surface area contributed by atoms with Gasteiger partial charge in [-0.15, -0.1) is 0 Å². The van der Waals surface area contributed by atoms with E-state index in [2.05, 4.69) is 11.8 Å². The van der Waals surface area contributed by atoms with Crippen LogP contribution in [-0.2, 0) is 4.74 Å². The molecule has 1 fully saturated rings. The Kier molecular flexibility index (Phi) is 5.56. The number of hydrogen-bond donors (Lipinski definition) is 1. The number of nitrogens with two attached hydrogens (primary N) is 1. The zero-order valence-electron chi connectivity index (χ0n) is 13.0. The van der Waals surface area contributed by atoms with E-state index < -0.39 is 0 Å². The summed E-state index contributed by atoms with van der Waals surface area (Å²) in [7, 11) is 3.21. The molecule has 21 heavy (non-hydrogen) atoms. The van der Waals surface area contributed by atoms with Crippen LogP contribution >= 0.6 is 0 Å². The van der Waals surface area contributed by atoms with Crippen LogP contribution in [-0.4, -0.2) is 44.9 Å². The molecule has 1 aliphatic heterocycles. The fourth-order valence-corrected chi connectivity index (χ4v) is 2.87. The predicted molar refractivity (Wildman–Crippen MR) is 80.9 cm³/mol. The van der Waals surface area contributed by atoms with E-state index in [0.29, 0.717) is 12.5 Å². The van der Waals surface area contributed by atoms with Crippen molar-refractivity contribution < 1.29 is 13.9 Å². The molecule has 1 aliphatic rings. The lowest BCUT2D eigenvalue weighted by Gasteiger charge is -2.37. The second kappa shape index (κ2) is 7.20. The molecule has 0 aromatic heterocycles. The molecular formula is C16H25FN2O2. The summed E-state index contributed by atoms with van der Waals surface area (Å²) in [6.07, 6.45) is 1.35. The molecule has 1 aromatic carbocycles. The molecular weight excluding hydrogens is 271 g/mol. The number of hydrogen-bond acceptors (Lipinski definition) is 4. The van der Waals surface area contributed by atoms with Gasteiger partial charge in [-0.25, -0.2) is 4.39 Å². The van der Waals surface area contributed by atoms with Crippen LogP contribution in [0.5, 0.6) is 5.75 Å². The number of halogens is 1. The second-order valence-electron chi connectivity index (χ2n) is 5.80. The Hall–Kier alpha value is -1.17. The van der Waals surface area contributed by atoms with Crippen LogP contribution < -0.4 is 10.5 Å². The van der Waals surface area contributed by atoms with Gasteiger partial charge in [-0.05, 0) is 36.6 Å². The van der Waals surface area contributed by atoms with Gasteiger partial charge < -0.3 is 15.2 Å². The fraction of sp³-hybridized carbons (Fsp3) is 0.625. The molecule has 1 heterocycles. The molecule has 5 heteroatoms. The lowest BCUT2D eigenvalue weighted by Crippen LogP contribution is -2.46. The maximum absolute atomic E-state index is 13.7. The minimum Gasteiger partial charge on any atom is -0.494 e. The highest BCUT2D eigenvalue weighted by Gasteiger charge is 2.27. The monoisotopic (exact) mass is 296 g/mol. The number of piperidine rings is 1. The van der Waals surface area contributed by atoms with Crippen molar-refractivity contribution in [2.45, 2.75) is 25.5 Å². The van der Waals surface area contributed by atoms with E-state index >= 15 is 0 Å². The molecule has 1 aromatic rings. The van der Waals surface area contributed by atoms with E-state index in [4.69, 9.17) is 15.2 Å². The molecule has 3 unspecified atom stereocenters. The van der Waals surface area contributed by atoms with E-state index in [0.717, 1.165) is 25.1 Å². The summed E-state index contributed by atoms with van der Waals surface area (Å²) in [6.45, 7) is 4.81. The second-order valence-corrected chi connectivity index (χ2v) is 5.80. The molecule has 3 atom stereocenters. The summed E-state index contributed by atoms with van der Waals surface area (Å²) in [5.41, 5.74) is 7.01. The first-order chi connectivity index (χ1) is 10.0. The normalized spacial score (nSPS) is 24.8. The molecule has 118 valence electrons. The first-order valence-electron chi connectivity index (χ1n) is 7.39. The largest absolute Gasteiger partial charge is 0.494 e. The van der Waals surface area contributed by atoms with Gasteiger partial charge in [-0.3, -0.25) is 4.90 Å². The highest BCUT2D eigenvalue weighted by atomic mass is 19.1. The van der Waals surface area contributed by atoms with E-state index in [9.17, 15) is 4.39 Å². The van der Waals surface area contributed by atoms with Gasteiger partial charge in [0.25, 0.3) is 0 Å². The van der Waals surface area contributed by atoms with Crippen LogP contribution in [0.3, 0.4) is 0 Å². The predicted octanol–water partition coefficient (Wildman–Crippen LogP) is 2.19. The Morgan fingerprint density at radius 3 is 2.81 bits per heavy atom. The summed E-state index contributed by atoms with van der Waals surface area (Å²) in [4.78, 5) is 2.29. The van der Waals surface area contributed by atoms with Gasteiger partial charge in [0.05, 0.1) is 13.2 Å². The highest BCUT2D eigenvalue weighted by molar-refractivity contribution is 5.31. The molecule has 0 bridgehead atoms. The maximum Gasteiger partial charge on any atom is 0.165 e. The van der Waals surface area contributed by atoms with Gasteiger partial charge in [0.1, 0.15) is 0 Å². The molecule has 0 spiro atoms. The van der Waals surface area contributed by atoms with Crippen LogP contribution in [0.25, 0.3) is 0 Å². The minimum atomic E-state index is -0.368. The topological polar surface area (TPSA) is 47.7 Å². The smallest absolute Gasteiger partial charge is 0.165 e. The Labute approximate surface area is 126 Å². The molecule has 0 aliphatic carbocycles. The Morgan fingerprint density at radius 2 is 2.19 bits per heavy atom. The van der Waals surface area contributed by atoms with Crippen LogP contribution in [0.1, 0.15) is 24.9 Å². The summed E-state index contributed by atoms with van der Waals surface area (Å²) >= 11 is 0. The van der Waals surface area contributed by atoms with Crippen molar-refractivity contribution in [3.63, 3.8) is 0 Å². The van der Waals surface area contributed by atoms with E-state index in [1.165, 1.54) is 13.2 Å². The van der Waals surface area contributed by atoms with E-state index in [1.807, 2.05) is 6.07 Å². The standard InChI is InChI=1S/C16H25FN2O2/c1-11-6-7-19(10-16(11)21-3)9-14(18)12-4-5-15(20-2)13(17)8-12/h4-5,8,11,14,16H,6-7,9-10,18H2,1-3H3. The first kappa shape index (κ1) is 16.2. The summed E-state index contributed by atoms with van der Waals surface area (Å²) in [6, 6.07) is 4.70. The molecule has 4 nitrogen and oxygen atoms in total. The summed E-state index contributed by atoms with van der Waals surface area (Å²) in [5, 5.41) is 0. The third-order valence-electron chi connectivity index (χ3n) is 4.34. The maximum atomic E-state index is 13.7. The fourth-order valence-electron chi connectivity index (χ4n) is 2.87. The van der Waals surface area contributed by atoms with Crippen molar-refractivity contribution in [3.05, 3.63) is 29.6 Å². The van der Waals surface area contributed by atoms with Gasteiger partial charge >= 0.3 is 0 Å². The number of likely N-dealkylation sites (tertiary alicyclic amines) is 1. The van der Waals surface area contributed by atoms with Crippen molar-refractivity contribution in [2.75, 3.05) is 33.9 Å². The highest BCUT2D eigenvalue weighted by Crippen LogP contribution is 2.24. The van der Waals surface area contributed by atoms with Crippen LogP contribution in [0.4, 0.5) is 4.39 Å². The van der Waals surface area contributed by atoms with Gasteiger partial charge in [-0.1, -0.05) is 13.0 Å². The quantitative estimate of drug-likeness (QED) is 0.905. The Bertz CT molecular complexity index is 470. The third-order valence-corrected chi connectivity index (χ3v) is 4.34. The minimum absolute atomic E-state index is 0.212. The third kappa shape index (κ3) is 3.93. The summed E-state index contributed by atoms with van der Waals surface area (Å²) < 4.78 is 24.2. The number of rotatable bonds is 5. The molecule has 2 rings (SSSR count). The lowest BCUT2D eigenvalue weighted by molar-refractivity contribution is -0.00644. The van der Waals surface area contributed by atoms with Crippen molar-refractivity contribution in [3.8, 4) is 5.75 Å². The Morgan fingerprint density at radius 1 is 1.43 bits per heavy atom. The van der Waals surface area contributed by atoms with Crippen LogP contribution in [0.15, 0.2) is 18.2 Å². The van der Waals surface area contributed by atoms with Crippen molar-refractivity contribution in [2.24, 2.45) is 11.7 Å². The molecule has 1 saturated heterocycles. The molecule has 0 amide bonds. The van der Waals surface area contributed by atoms with Crippen LogP contribution in [0, 0.1) is 11.7 Å². The lowest BCUT2D eigenvalue weighted by atomic mass is 9.95. The zero-order valence-corrected chi connectivity index (χ0v) is 13.0. The van der Waals surface area contributed by atoms with Crippen molar-refractivity contribution >= 4 is 0 Å². The molecule has 2 N–H and O–H groups in total. The summed E-state index contributed by atoms with van der Waals surface area (Å²) in [5.74, 6) is 0.450. The average molecular weight is 296 g/mol. The van der Waals surface area contributed by atoms with Crippen LogP contribution in [0.2, 0.25) is 0 Å². The number of nitrogens with zero attached hydrogens (tertiary/aromatic N) is 1. The number of ether oxygens (including phenoxy) is 2. The van der Waals surface area contributed by atoms with E-state index in [-0.39, 0.29) is 23.7 Å². The SMILES string of the molecule is COc1ccc(C(N)CN2CCC(C)C(OC)C2)cc1F. The van der Waals surface area contributed by atoms with Gasteiger partial charge in [0.2, 0.25) is 0 Å². The number of methoxy groups -OCH3 is 2. The van der Waals surface area contributed by atoms with Gasteiger partial charge in [0.15, 0.2) is 11.6 Å². The average Bonchev–Trinajstić information content (AvgIpc) is 2.49. The van der Waals surface area contributed by atoms with Crippen molar-refractivity contribution in [1.29, 1.82) is 0 Å². The first-order valence-corrected chi connectivity index (χ1v) is 7.39. The van der Waals surface area contributed by atoms with E-state index in [1.54, 1.807) is 13.2 Å².